The first kappa shape index (κ1) is 12.2. The molecule has 0 spiro atoms. The van der Waals surface area contributed by atoms with E-state index in [2.05, 4.69) is 0 Å². The third-order valence-corrected chi connectivity index (χ3v) is 3.43. The molecule has 1 atom stereocenters. The van der Waals surface area contributed by atoms with Crippen LogP contribution in [0.25, 0.3) is 0 Å². The highest BCUT2D eigenvalue weighted by Gasteiger charge is 2.07. The van der Waals surface area contributed by atoms with Crippen LogP contribution in [0.3, 0.4) is 0 Å². The van der Waals surface area contributed by atoms with Gasteiger partial charge in [0.1, 0.15) is 5.82 Å². The van der Waals surface area contributed by atoms with E-state index in [1.165, 1.54) is 23.9 Å². The second-order valence-corrected chi connectivity index (χ2v) is 4.85. The first-order chi connectivity index (χ1) is 8.24. The fourth-order valence-electron chi connectivity index (χ4n) is 1.49. The molecule has 1 N–H and O–H groups in total. The number of benzene rings is 1. The van der Waals surface area contributed by atoms with Gasteiger partial charge in [-0.15, -0.1) is 11.8 Å². The molecule has 0 aliphatic heterocycles. The summed E-state index contributed by atoms with van der Waals surface area (Å²) in [5, 5.41) is 9.80. The van der Waals surface area contributed by atoms with Gasteiger partial charge in [-0.3, -0.25) is 0 Å². The van der Waals surface area contributed by atoms with Crippen molar-refractivity contribution in [1.82, 2.24) is 0 Å². The normalized spacial score (nSPS) is 12.6. The number of aliphatic hydroxyl groups is 1. The van der Waals surface area contributed by atoms with Crippen LogP contribution in [-0.2, 0) is 6.42 Å². The summed E-state index contributed by atoms with van der Waals surface area (Å²) in [5.41, 5.74) is 0.970. The Labute approximate surface area is 103 Å². The molecule has 17 heavy (non-hydrogen) atoms. The molecule has 1 aromatic heterocycles. The lowest BCUT2D eigenvalue weighted by Crippen LogP contribution is -2.12. The Morgan fingerprint density at radius 2 is 2.24 bits per heavy atom. The van der Waals surface area contributed by atoms with E-state index < -0.39 is 6.10 Å². The maximum absolute atomic E-state index is 12.9. The summed E-state index contributed by atoms with van der Waals surface area (Å²) in [6.07, 6.45) is 3.30. The van der Waals surface area contributed by atoms with Crippen LogP contribution in [0.1, 0.15) is 5.56 Å². The number of thioether (sulfide) groups is 1. The molecule has 4 heteroatoms. The highest BCUT2D eigenvalue weighted by molar-refractivity contribution is 7.99. The van der Waals surface area contributed by atoms with Gasteiger partial charge in [0.15, 0.2) is 0 Å². The molecule has 2 aromatic rings. The average molecular weight is 252 g/mol. The van der Waals surface area contributed by atoms with Gasteiger partial charge in [-0.05, 0) is 29.8 Å². The lowest BCUT2D eigenvalue weighted by Gasteiger charge is -2.08. The van der Waals surface area contributed by atoms with Crippen molar-refractivity contribution in [1.29, 1.82) is 0 Å². The van der Waals surface area contributed by atoms with E-state index in [1.807, 2.05) is 12.1 Å². The lowest BCUT2D eigenvalue weighted by atomic mass is 10.2. The third kappa shape index (κ3) is 3.91. The minimum Gasteiger partial charge on any atom is -0.472 e. The van der Waals surface area contributed by atoms with Crippen LogP contribution in [0.5, 0.6) is 0 Å². The number of furan rings is 1. The molecule has 1 unspecified atom stereocenters. The Morgan fingerprint density at radius 1 is 1.35 bits per heavy atom. The Bertz CT molecular complexity index is 456. The maximum Gasteiger partial charge on any atom is 0.124 e. The first-order valence-corrected chi connectivity index (χ1v) is 6.30. The van der Waals surface area contributed by atoms with Crippen molar-refractivity contribution >= 4 is 11.8 Å². The Hall–Kier alpha value is -1.26. The van der Waals surface area contributed by atoms with Crippen molar-refractivity contribution in [3.8, 4) is 0 Å². The summed E-state index contributed by atoms with van der Waals surface area (Å²) in [7, 11) is 0. The summed E-state index contributed by atoms with van der Waals surface area (Å²) in [4.78, 5) is 0.830. The molecule has 0 aliphatic carbocycles. The molecule has 0 radical (unpaired) electrons. The average Bonchev–Trinajstić information content (AvgIpc) is 2.79. The molecular formula is C13H13FO2S. The van der Waals surface area contributed by atoms with Gasteiger partial charge in [0.05, 0.1) is 18.6 Å². The fourth-order valence-corrected chi connectivity index (χ4v) is 2.36. The largest absolute Gasteiger partial charge is 0.472 e. The Morgan fingerprint density at radius 3 is 2.94 bits per heavy atom. The molecular weight excluding hydrogens is 239 g/mol. The van der Waals surface area contributed by atoms with E-state index in [0.717, 1.165) is 10.5 Å². The van der Waals surface area contributed by atoms with Crippen molar-refractivity contribution in [2.75, 3.05) is 5.75 Å². The minimum absolute atomic E-state index is 0.251. The van der Waals surface area contributed by atoms with Crippen LogP contribution < -0.4 is 0 Å². The predicted molar refractivity (Wildman–Crippen MR) is 65.5 cm³/mol. The van der Waals surface area contributed by atoms with E-state index >= 15 is 0 Å². The molecule has 0 amide bonds. The smallest absolute Gasteiger partial charge is 0.124 e. The molecule has 2 nitrogen and oxygen atoms in total. The van der Waals surface area contributed by atoms with E-state index in [9.17, 15) is 9.50 Å². The van der Waals surface area contributed by atoms with Crippen molar-refractivity contribution in [3.63, 3.8) is 0 Å². The molecule has 1 heterocycles. The van der Waals surface area contributed by atoms with Crippen molar-refractivity contribution in [3.05, 3.63) is 54.2 Å². The molecule has 2 rings (SSSR count). The van der Waals surface area contributed by atoms with Gasteiger partial charge in [0.2, 0.25) is 0 Å². The van der Waals surface area contributed by atoms with E-state index in [0.29, 0.717) is 12.2 Å². The van der Waals surface area contributed by atoms with Crippen LogP contribution in [-0.4, -0.2) is 17.0 Å². The molecule has 1 aromatic carbocycles. The van der Waals surface area contributed by atoms with Crippen molar-refractivity contribution < 1.29 is 13.9 Å². The van der Waals surface area contributed by atoms with Gasteiger partial charge in [-0.25, -0.2) is 4.39 Å². The molecule has 0 bridgehead atoms. The number of hydrogen-bond acceptors (Lipinski definition) is 3. The van der Waals surface area contributed by atoms with Crippen LogP contribution in [0, 0.1) is 5.82 Å². The number of hydrogen-bond donors (Lipinski definition) is 1. The topological polar surface area (TPSA) is 33.4 Å². The van der Waals surface area contributed by atoms with Gasteiger partial charge < -0.3 is 9.52 Å². The summed E-state index contributed by atoms with van der Waals surface area (Å²) in [5.74, 6) is 0.286. The molecule has 0 aliphatic rings. The summed E-state index contributed by atoms with van der Waals surface area (Å²) in [6.45, 7) is 0. The second-order valence-electron chi connectivity index (χ2n) is 3.76. The Balaban J connectivity index is 1.82. The van der Waals surface area contributed by atoms with Crippen molar-refractivity contribution in [2.24, 2.45) is 0 Å². The highest BCUT2D eigenvalue weighted by Crippen LogP contribution is 2.20. The number of halogens is 1. The second kappa shape index (κ2) is 5.89. The van der Waals surface area contributed by atoms with Crippen LogP contribution in [0.2, 0.25) is 0 Å². The van der Waals surface area contributed by atoms with Crippen molar-refractivity contribution in [2.45, 2.75) is 17.4 Å². The minimum atomic E-state index is -0.458. The van der Waals surface area contributed by atoms with Gasteiger partial charge in [-0.1, -0.05) is 6.07 Å². The van der Waals surface area contributed by atoms with Gasteiger partial charge in [0, 0.05) is 17.1 Å². The molecule has 90 valence electrons. The third-order valence-electron chi connectivity index (χ3n) is 2.29. The Kier molecular flexibility index (Phi) is 4.23. The quantitative estimate of drug-likeness (QED) is 0.830. The summed E-state index contributed by atoms with van der Waals surface area (Å²) in [6, 6.07) is 8.20. The van der Waals surface area contributed by atoms with Gasteiger partial charge in [0.25, 0.3) is 0 Å². The lowest BCUT2D eigenvalue weighted by molar-refractivity contribution is 0.200. The zero-order chi connectivity index (χ0) is 12.1. The van der Waals surface area contributed by atoms with Crippen LogP contribution >= 0.6 is 11.8 Å². The molecule has 0 fully saturated rings. The SMILES string of the molecule is OC(CSc1cccc(F)c1)Cc1ccoc1. The molecule has 0 saturated carbocycles. The summed E-state index contributed by atoms with van der Waals surface area (Å²) >= 11 is 1.44. The van der Waals surface area contributed by atoms with Gasteiger partial charge in [-0.2, -0.15) is 0 Å². The van der Waals surface area contributed by atoms with Crippen LogP contribution in [0.15, 0.2) is 52.2 Å². The first-order valence-electron chi connectivity index (χ1n) is 5.31. The van der Waals surface area contributed by atoms with E-state index in [4.69, 9.17) is 4.42 Å². The highest BCUT2D eigenvalue weighted by atomic mass is 32.2. The van der Waals surface area contributed by atoms with E-state index in [1.54, 1.807) is 18.6 Å². The fraction of sp³-hybridized carbons (Fsp3) is 0.231. The zero-order valence-corrected chi connectivity index (χ0v) is 9.99. The number of aliphatic hydroxyl groups excluding tert-OH is 1. The maximum atomic E-state index is 12.9. The van der Waals surface area contributed by atoms with E-state index in [-0.39, 0.29) is 5.82 Å². The predicted octanol–water partition coefficient (Wildman–Crippen LogP) is 3.11. The standard InChI is InChI=1S/C13H13FO2S/c14-11-2-1-3-13(7-11)17-9-12(15)6-10-4-5-16-8-10/h1-5,7-8,12,15H,6,9H2. The zero-order valence-electron chi connectivity index (χ0n) is 9.17. The van der Waals surface area contributed by atoms with Crippen LogP contribution in [0.4, 0.5) is 4.39 Å². The summed E-state index contributed by atoms with van der Waals surface area (Å²) < 4.78 is 17.8. The number of rotatable bonds is 5. The monoisotopic (exact) mass is 252 g/mol. The molecule has 0 saturated heterocycles. The van der Waals surface area contributed by atoms with Gasteiger partial charge >= 0.3 is 0 Å².